The van der Waals surface area contributed by atoms with E-state index in [1.165, 1.54) is 21.1 Å². The van der Waals surface area contributed by atoms with Crippen molar-refractivity contribution in [2.75, 3.05) is 21.3 Å². The minimum Gasteiger partial charge on any atom is -0.459 e. The van der Waals surface area contributed by atoms with Gasteiger partial charge in [0, 0.05) is 50.5 Å². The van der Waals surface area contributed by atoms with Crippen LogP contribution >= 0.6 is 0 Å². The highest BCUT2D eigenvalue weighted by molar-refractivity contribution is 5.83. The molecule has 0 bridgehead atoms. The number of likely N-dealkylation sites (N-methyl/N-ethyl adjacent to an activating group) is 1. The number of cyclic esters (lactones) is 1. The summed E-state index contributed by atoms with van der Waals surface area (Å²) in [6.45, 7) is 21.2. The summed E-state index contributed by atoms with van der Waals surface area (Å²) in [5.41, 5.74) is -4.26. The lowest BCUT2D eigenvalue weighted by molar-refractivity contribution is -0.320. The first-order chi connectivity index (χ1) is 24.9. The van der Waals surface area contributed by atoms with Gasteiger partial charge in [-0.25, -0.2) is 0 Å². The summed E-state index contributed by atoms with van der Waals surface area (Å²) in [4.78, 5) is 30.4. The van der Waals surface area contributed by atoms with Crippen LogP contribution in [0, 0.1) is 23.7 Å². The van der Waals surface area contributed by atoms with E-state index in [0.717, 1.165) is 0 Å². The topological polar surface area (TPSA) is 183 Å². The van der Waals surface area contributed by atoms with Crippen LogP contribution in [0.2, 0.25) is 0 Å². The van der Waals surface area contributed by atoms with Crippen LogP contribution in [0.15, 0.2) is 0 Å². The first kappa shape index (κ1) is 47.1. The van der Waals surface area contributed by atoms with E-state index < -0.39 is 102 Å². The number of Topliss-reactive ketones (excluding diaryl/α,β-unsaturated/α-hetero) is 1. The van der Waals surface area contributed by atoms with Crippen molar-refractivity contribution in [1.82, 2.24) is 4.90 Å². The molecule has 0 spiro atoms. The molecule has 54 heavy (non-hydrogen) atoms. The fourth-order valence-electron chi connectivity index (χ4n) is 8.86. The van der Waals surface area contributed by atoms with Crippen molar-refractivity contribution in [2.24, 2.45) is 23.7 Å². The molecular formula is C40H73NO13. The van der Waals surface area contributed by atoms with E-state index in [4.69, 9.17) is 33.2 Å². The lowest BCUT2D eigenvalue weighted by Crippen LogP contribution is -2.62. The van der Waals surface area contributed by atoms with Crippen molar-refractivity contribution >= 4 is 11.8 Å². The molecule has 18 atom stereocenters. The van der Waals surface area contributed by atoms with E-state index in [1.54, 1.807) is 41.5 Å². The third-order valence-corrected chi connectivity index (χ3v) is 12.9. The zero-order valence-corrected chi connectivity index (χ0v) is 35.5. The molecule has 316 valence electrons. The number of hydrogen-bond acceptors (Lipinski definition) is 14. The standard InChI is InChI=1S/C40H73NO13/c1-16-28-40(12,47)33(44)23(6)30(42)21(4)18-39(11,49-15)35(54-37-31(43)27(17-22(5)50-37)41(13)20(2)3)24(7)32(25(8)36(46)52-28)53-29-19-38(10,48-14)34(45)26(9)51-29/h20-29,31-35,37,43-45,47H,16-19H2,1-15H3/t21-,22-,23+,24+,25-,26+,27+,28-,29+,31-,32+,33-,34+,35-,37+,38-,39-,40-/m1/s1. The third-order valence-electron chi connectivity index (χ3n) is 12.9. The van der Waals surface area contributed by atoms with Crippen molar-refractivity contribution in [1.29, 1.82) is 0 Å². The number of aliphatic hydroxyl groups is 4. The number of ketones is 1. The molecule has 14 nitrogen and oxygen atoms in total. The molecular weight excluding hydrogens is 702 g/mol. The number of rotatable bonds is 9. The number of carbonyl (C=O) groups is 2. The van der Waals surface area contributed by atoms with Gasteiger partial charge in [0.2, 0.25) is 0 Å². The van der Waals surface area contributed by atoms with Gasteiger partial charge in [0.25, 0.3) is 0 Å². The van der Waals surface area contributed by atoms with Crippen LogP contribution < -0.4 is 0 Å². The van der Waals surface area contributed by atoms with Gasteiger partial charge in [0.05, 0.1) is 47.6 Å². The van der Waals surface area contributed by atoms with Gasteiger partial charge in [-0.05, 0) is 81.7 Å². The molecule has 0 aromatic carbocycles. The summed E-state index contributed by atoms with van der Waals surface area (Å²) in [7, 11) is 4.97. The lowest BCUT2D eigenvalue weighted by atomic mass is 9.74. The number of carbonyl (C=O) groups excluding carboxylic acids is 2. The molecule has 3 rings (SSSR count). The second kappa shape index (κ2) is 18.5. The van der Waals surface area contributed by atoms with E-state index in [9.17, 15) is 30.0 Å². The molecule has 0 amide bonds. The van der Waals surface area contributed by atoms with E-state index in [1.807, 2.05) is 41.7 Å². The average molecular weight is 776 g/mol. The number of hydrogen-bond donors (Lipinski definition) is 4. The minimum atomic E-state index is -1.97. The minimum absolute atomic E-state index is 0.109. The Hall–Kier alpha value is -1.30. The first-order valence-electron chi connectivity index (χ1n) is 19.8. The summed E-state index contributed by atoms with van der Waals surface area (Å²) >= 11 is 0. The van der Waals surface area contributed by atoms with Gasteiger partial charge in [0.15, 0.2) is 12.6 Å². The smallest absolute Gasteiger partial charge is 0.311 e. The maximum absolute atomic E-state index is 14.2. The summed E-state index contributed by atoms with van der Waals surface area (Å²) in [6.07, 6.45) is -8.79. The summed E-state index contributed by atoms with van der Waals surface area (Å²) in [6, 6.07) is -0.164. The van der Waals surface area contributed by atoms with Crippen molar-refractivity contribution in [3.8, 4) is 0 Å². The maximum Gasteiger partial charge on any atom is 0.311 e. The van der Waals surface area contributed by atoms with Crippen molar-refractivity contribution in [3.05, 3.63) is 0 Å². The van der Waals surface area contributed by atoms with E-state index in [-0.39, 0.29) is 43.2 Å². The lowest BCUT2D eigenvalue weighted by Gasteiger charge is -2.50. The van der Waals surface area contributed by atoms with Gasteiger partial charge in [-0.15, -0.1) is 0 Å². The van der Waals surface area contributed by atoms with Gasteiger partial charge in [-0.1, -0.05) is 27.7 Å². The van der Waals surface area contributed by atoms with Crippen molar-refractivity contribution < 1.29 is 63.2 Å². The van der Waals surface area contributed by atoms with Gasteiger partial charge < -0.3 is 53.6 Å². The SMILES string of the molecule is CC[C@H]1OC(=O)[C@H](C)[C@@H](O[C@H]2C[C@@](C)(OC)[C@@H](O)[C@H](C)O2)[C@H](C)[C@@H](O[C@@H]2O[C@H](C)C[C@H](N(C)C(C)C)[C@H]2O)[C@](C)(OC)C[C@@H](C)C(=O)[C@H](C)[C@@H](O)[C@]1(C)O. The van der Waals surface area contributed by atoms with Gasteiger partial charge in [-0.2, -0.15) is 0 Å². The van der Waals surface area contributed by atoms with Crippen LogP contribution in [0.4, 0.5) is 0 Å². The summed E-state index contributed by atoms with van der Waals surface area (Å²) in [5, 5.41) is 45.9. The highest BCUT2D eigenvalue weighted by Crippen LogP contribution is 2.42. The van der Waals surface area contributed by atoms with Crippen LogP contribution in [0.5, 0.6) is 0 Å². The molecule has 3 aliphatic rings. The van der Waals surface area contributed by atoms with Gasteiger partial charge in [0.1, 0.15) is 29.7 Å². The van der Waals surface area contributed by atoms with Crippen molar-refractivity contribution in [3.63, 3.8) is 0 Å². The Balaban J connectivity index is 2.23. The van der Waals surface area contributed by atoms with E-state index in [0.29, 0.717) is 6.42 Å². The molecule has 4 N–H and O–H groups in total. The van der Waals surface area contributed by atoms with Gasteiger partial charge >= 0.3 is 5.97 Å². The maximum atomic E-state index is 14.2. The molecule has 3 fully saturated rings. The fourth-order valence-corrected chi connectivity index (χ4v) is 8.86. The second-order valence-corrected chi connectivity index (χ2v) is 17.4. The molecule has 0 aromatic rings. The molecule has 0 radical (unpaired) electrons. The fraction of sp³-hybridized carbons (Fsp3) is 0.950. The van der Waals surface area contributed by atoms with Gasteiger partial charge in [-0.3, -0.25) is 14.5 Å². The third kappa shape index (κ3) is 9.86. The Morgan fingerprint density at radius 1 is 0.870 bits per heavy atom. The monoisotopic (exact) mass is 776 g/mol. The van der Waals surface area contributed by atoms with Crippen LogP contribution in [0.1, 0.15) is 109 Å². The molecule has 0 unspecified atom stereocenters. The normalized spacial score (nSPS) is 47.8. The quantitative estimate of drug-likeness (QED) is 0.251. The molecule has 0 aromatic heterocycles. The van der Waals surface area contributed by atoms with Crippen LogP contribution in [-0.4, -0.2) is 149 Å². The predicted molar refractivity (Wildman–Crippen MR) is 200 cm³/mol. The summed E-state index contributed by atoms with van der Waals surface area (Å²) in [5.74, 6) is -4.49. The number of esters is 1. The molecule has 0 aliphatic carbocycles. The number of nitrogens with zero attached hydrogens (tertiary/aromatic N) is 1. The van der Waals surface area contributed by atoms with E-state index >= 15 is 0 Å². The first-order valence-corrected chi connectivity index (χ1v) is 19.8. The Bertz CT molecular complexity index is 1240. The average Bonchev–Trinajstić information content (AvgIpc) is 3.12. The number of ether oxygens (including phenoxy) is 7. The second-order valence-electron chi connectivity index (χ2n) is 17.4. The Labute approximate surface area is 323 Å². The Morgan fingerprint density at radius 3 is 2.00 bits per heavy atom. The van der Waals surface area contributed by atoms with E-state index in [2.05, 4.69) is 4.90 Å². The van der Waals surface area contributed by atoms with Crippen LogP contribution in [-0.2, 0) is 42.7 Å². The highest BCUT2D eigenvalue weighted by atomic mass is 16.7. The molecule has 0 saturated carbocycles. The number of aliphatic hydroxyl groups excluding tert-OH is 3. The molecule has 3 saturated heterocycles. The molecule has 14 heteroatoms. The van der Waals surface area contributed by atoms with Crippen LogP contribution in [0.3, 0.4) is 0 Å². The predicted octanol–water partition coefficient (Wildman–Crippen LogP) is 3.22. The largest absolute Gasteiger partial charge is 0.459 e. The highest BCUT2D eigenvalue weighted by Gasteiger charge is 2.54. The van der Waals surface area contributed by atoms with Crippen molar-refractivity contribution in [2.45, 2.75) is 199 Å². The van der Waals surface area contributed by atoms with Crippen LogP contribution in [0.25, 0.3) is 0 Å². The zero-order valence-electron chi connectivity index (χ0n) is 35.5. The Kier molecular flexibility index (Phi) is 16.1. The zero-order chi connectivity index (χ0) is 41.2. The molecule has 3 aliphatic heterocycles. The number of methoxy groups -OCH3 is 2. The summed E-state index contributed by atoms with van der Waals surface area (Å²) < 4.78 is 44.2. The Morgan fingerprint density at radius 2 is 1.46 bits per heavy atom. The molecule has 3 heterocycles.